The summed E-state index contributed by atoms with van der Waals surface area (Å²) in [6.07, 6.45) is 0. The van der Waals surface area contributed by atoms with Crippen molar-refractivity contribution in [3.05, 3.63) is 24.3 Å². The molecule has 0 saturated heterocycles. The molecule has 2 nitrogen and oxygen atoms in total. The molecule has 96 valence electrons. The van der Waals surface area contributed by atoms with Gasteiger partial charge >= 0.3 is 0 Å². The number of hydrogen-bond donors (Lipinski definition) is 0. The van der Waals surface area contributed by atoms with Gasteiger partial charge in [0.05, 0.1) is 13.2 Å². The maximum Gasteiger partial charge on any atom is 0.122 e. The lowest BCUT2D eigenvalue weighted by Crippen LogP contribution is -2.19. The third-order valence-electron chi connectivity index (χ3n) is 2.72. The molecule has 0 saturated carbocycles. The maximum atomic E-state index is 5.80. The highest BCUT2D eigenvalue weighted by molar-refractivity contribution is 9.09. The van der Waals surface area contributed by atoms with Crippen molar-refractivity contribution in [3.8, 4) is 11.5 Å². The predicted octanol–water partition coefficient (Wildman–Crippen LogP) is 4.13. The summed E-state index contributed by atoms with van der Waals surface area (Å²) in [7, 11) is 0. The number of ether oxygens (including phenoxy) is 2. The van der Waals surface area contributed by atoms with Crippen LogP contribution in [-0.2, 0) is 0 Å². The second-order valence-corrected chi connectivity index (χ2v) is 5.02. The van der Waals surface area contributed by atoms with Gasteiger partial charge in [-0.1, -0.05) is 35.8 Å². The Morgan fingerprint density at radius 1 is 1.18 bits per heavy atom. The Hall–Kier alpha value is -0.700. The second kappa shape index (κ2) is 7.59. The molecule has 0 aliphatic heterocycles. The van der Waals surface area contributed by atoms with Crippen molar-refractivity contribution >= 4 is 15.9 Å². The van der Waals surface area contributed by atoms with Gasteiger partial charge in [0.25, 0.3) is 0 Å². The van der Waals surface area contributed by atoms with Crippen molar-refractivity contribution in [1.29, 1.82) is 0 Å². The van der Waals surface area contributed by atoms with Crippen LogP contribution in [0.4, 0.5) is 0 Å². The predicted molar refractivity (Wildman–Crippen MR) is 75.2 cm³/mol. The molecule has 0 N–H and O–H groups in total. The van der Waals surface area contributed by atoms with Gasteiger partial charge in [-0.05, 0) is 25.0 Å². The number of hydrogen-bond acceptors (Lipinski definition) is 2. The van der Waals surface area contributed by atoms with Crippen molar-refractivity contribution in [2.75, 3.05) is 18.5 Å². The van der Waals surface area contributed by atoms with Gasteiger partial charge in [-0.15, -0.1) is 0 Å². The van der Waals surface area contributed by atoms with Crippen LogP contribution in [0.25, 0.3) is 0 Å². The van der Waals surface area contributed by atoms with E-state index in [0.29, 0.717) is 18.4 Å². The molecule has 0 radical (unpaired) electrons. The first-order valence-corrected chi connectivity index (χ1v) is 7.21. The third-order valence-corrected chi connectivity index (χ3v) is 3.55. The summed E-state index contributed by atoms with van der Waals surface area (Å²) in [6, 6.07) is 7.81. The van der Waals surface area contributed by atoms with Crippen LogP contribution < -0.4 is 9.47 Å². The Kier molecular flexibility index (Phi) is 6.41. The molecule has 17 heavy (non-hydrogen) atoms. The van der Waals surface area contributed by atoms with Crippen LogP contribution in [0.1, 0.15) is 20.8 Å². The molecular weight excluding hydrogens is 280 g/mol. The summed E-state index contributed by atoms with van der Waals surface area (Å²) in [6.45, 7) is 7.82. The molecular formula is C14H21BrO2. The summed E-state index contributed by atoms with van der Waals surface area (Å²) < 4.78 is 11.2. The molecule has 0 bridgehead atoms. The zero-order valence-corrected chi connectivity index (χ0v) is 12.4. The van der Waals surface area contributed by atoms with E-state index in [1.165, 1.54) is 0 Å². The lowest BCUT2D eigenvalue weighted by Gasteiger charge is -2.18. The summed E-state index contributed by atoms with van der Waals surface area (Å²) in [4.78, 5) is 0. The Balaban J connectivity index is 2.53. The van der Waals surface area contributed by atoms with Crippen LogP contribution in [-0.4, -0.2) is 18.5 Å². The molecule has 1 aromatic carbocycles. The quantitative estimate of drug-likeness (QED) is 0.705. The first-order chi connectivity index (χ1) is 8.17. The van der Waals surface area contributed by atoms with Crippen LogP contribution in [0.2, 0.25) is 0 Å². The number of rotatable bonds is 7. The van der Waals surface area contributed by atoms with Gasteiger partial charge in [-0.2, -0.15) is 0 Å². The Morgan fingerprint density at radius 2 is 1.82 bits per heavy atom. The van der Waals surface area contributed by atoms with E-state index in [0.717, 1.165) is 23.4 Å². The standard InChI is InChI=1S/C14H21BrO2/c1-4-16-13-6-5-7-14(8-13)17-10-12(9-15)11(2)3/h5-8,11-12H,4,9-10H2,1-3H3. The molecule has 1 aromatic rings. The van der Waals surface area contributed by atoms with Gasteiger partial charge in [0.2, 0.25) is 0 Å². The number of halogens is 1. The molecule has 0 spiro atoms. The Labute approximate surface area is 112 Å². The summed E-state index contributed by atoms with van der Waals surface area (Å²) in [5.41, 5.74) is 0. The van der Waals surface area contributed by atoms with Crippen molar-refractivity contribution in [2.24, 2.45) is 11.8 Å². The number of alkyl halides is 1. The van der Waals surface area contributed by atoms with Gasteiger partial charge in [0, 0.05) is 17.3 Å². The third kappa shape index (κ3) is 4.99. The Morgan fingerprint density at radius 3 is 2.35 bits per heavy atom. The van der Waals surface area contributed by atoms with E-state index in [2.05, 4.69) is 29.8 Å². The van der Waals surface area contributed by atoms with Gasteiger partial charge in [-0.25, -0.2) is 0 Å². The minimum atomic E-state index is 0.533. The highest BCUT2D eigenvalue weighted by atomic mass is 79.9. The molecule has 0 aliphatic rings. The largest absolute Gasteiger partial charge is 0.494 e. The zero-order valence-electron chi connectivity index (χ0n) is 10.8. The highest BCUT2D eigenvalue weighted by Gasteiger charge is 2.12. The molecule has 1 rings (SSSR count). The molecule has 0 fully saturated rings. The van der Waals surface area contributed by atoms with E-state index in [-0.39, 0.29) is 0 Å². The van der Waals surface area contributed by atoms with Crippen molar-refractivity contribution < 1.29 is 9.47 Å². The lowest BCUT2D eigenvalue weighted by molar-refractivity contribution is 0.226. The van der Waals surface area contributed by atoms with Crippen LogP contribution >= 0.6 is 15.9 Å². The van der Waals surface area contributed by atoms with Crippen LogP contribution in [0, 0.1) is 11.8 Å². The van der Waals surface area contributed by atoms with E-state index in [1.54, 1.807) is 0 Å². The van der Waals surface area contributed by atoms with Gasteiger partial charge in [0.1, 0.15) is 11.5 Å². The average Bonchev–Trinajstić information content (AvgIpc) is 2.30. The molecule has 3 heteroatoms. The fourth-order valence-electron chi connectivity index (χ4n) is 1.44. The van der Waals surface area contributed by atoms with E-state index >= 15 is 0 Å². The highest BCUT2D eigenvalue weighted by Crippen LogP contribution is 2.21. The topological polar surface area (TPSA) is 18.5 Å². The average molecular weight is 301 g/mol. The van der Waals surface area contributed by atoms with Crippen molar-refractivity contribution in [3.63, 3.8) is 0 Å². The van der Waals surface area contributed by atoms with Gasteiger partial charge in [0.15, 0.2) is 0 Å². The first-order valence-electron chi connectivity index (χ1n) is 6.09. The van der Waals surface area contributed by atoms with Crippen molar-refractivity contribution in [2.45, 2.75) is 20.8 Å². The SMILES string of the molecule is CCOc1cccc(OCC(CBr)C(C)C)c1. The van der Waals surface area contributed by atoms with E-state index < -0.39 is 0 Å². The molecule has 1 unspecified atom stereocenters. The van der Waals surface area contributed by atoms with Gasteiger partial charge < -0.3 is 9.47 Å². The van der Waals surface area contributed by atoms with Crippen LogP contribution in [0.3, 0.4) is 0 Å². The zero-order chi connectivity index (χ0) is 12.7. The Bertz CT molecular complexity index is 326. The molecule has 0 amide bonds. The maximum absolute atomic E-state index is 5.80. The fraction of sp³-hybridized carbons (Fsp3) is 0.571. The fourth-order valence-corrected chi connectivity index (χ4v) is 2.37. The monoisotopic (exact) mass is 300 g/mol. The first kappa shape index (κ1) is 14.4. The smallest absolute Gasteiger partial charge is 0.122 e. The molecule has 0 aromatic heterocycles. The van der Waals surface area contributed by atoms with Crippen LogP contribution in [0.5, 0.6) is 11.5 Å². The van der Waals surface area contributed by atoms with E-state index in [1.807, 2.05) is 31.2 Å². The van der Waals surface area contributed by atoms with E-state index in [4.69, 9.17) is 9.47 Å². The summed E-state index contributed by atoms with van der Waals surface area (Å²) in [5, 5.41) is 0.968. The van der Waals surface area contributed by atoms with Crippen LogP contribution in [0.15, 0.2) is 24.3 Å². The molecule has 0 aliphatic carbocycles. The minimum Gasteiger partial charge on any atom is -0.494 e. The van der Waals surface area contributed by atoms with E-state index in [9.17, 15) is 0 Å². The lowest BCUT2D eigenvalue weighted by atomic mass is 9.99. The van der Waals surface area contributed by atoms with Gasteiger partial charge in [-0.3, -0.25) is 0 Å². The minimum absolute atomic E-state index is 0.533. The normalized spacial score (nSPS) is 12.5. The van der Waals surface area contributed by atoms with Crippen molar-refractivity contribution in [1.82, 2.24) is 0 Å². The molecule has 1 atom stereocenters. The summed E-state index contributed by atoms with van der Waals surface area (Å²) >= 11 is 3.52. The number of benzene rings is 1. The second-order valence-electron chi connectivity index (χ2n) is 4.38. The molecule has 0 heterocycles. The summed E-state index contributed by atoms with van der Waals surface area (Å²) in [5.74, 6) is 2.89.